The molecule has 18 heavy (non-hydrogen) atoms. The molecule has 0 saturated carbocycles. The lowest BCUT2D eigenvalue weighted by molar-refractivity contribution is 0.470. The summed E-state index contributed by atoms with van der Waals surface area (Å²) < 4.78 is 5.92. The van der Waals surface area contributed by atoms with E-state index in [1.54, 1.807) is 11.8 Å². The van der Waals surface area contributed by atoms with Crippen molar-refractivity contribution < 1.29 is 4.74 Å². The zero-order chi connectivity index (χ0) is 13.0. The second kappa shape index (κ2) is 6.17. The van der Waals surface area contributed by atoms with Gasteiger partial charge >= 0.3 is 0 Å². The number of alkyl halides is 1. The van der Waals surface area contributed by atoms with Crippen LogP contribution in [-0.2, 0) is 5.88 Å². The standard InChI is InChI=1S/C15H15ClOS/c1-11-9-13(8-7-12(11)10-16)17-14-5-3-4-6-15(14)18-2/h3-9H,10H2,1-2H3. The molecule has 0 spiro atoms. The second-order valence-corrected chi connectivity index (χ2v) is 5.09. The monoisotopic (exact) mass is 278 g/mol. The maximum absolute atomic E-state index is 5.92. The molecule has 0 aromatic heterocycles. The van der Waals surface area contributed by atoms with Crippen LogP contribution in [0.2, 0.25) is 0 Å². The number of ether oxygens (including phenoxy) is 1. The lowest BCUT2D eigenvalue weighted by Crippen LogP contribution is -1.89. The van der Waals surface area contributed by atoms with Crippen LogP contribution in [0.4, 0.5) is 0 Å². The number of thioether (sulfide) groups is 1. The topological polar surface area (TPSA) is 9.23 Å². The van der Waals surface area contributed by atoms with Gasteiger partial charge in [0.2, 0.25) is 0 Å². The molecule has 0 radical (unpaired) electrons. The van der Waals surface area contributed by atoms with Crippen LogP contribution in [0, 0.1) is 6.92 Å². The van der Waals surface area contributed by atoms with Crippen LogP contribution in [0.25, 0.3) is 0 Å². The number of hydrogen-bond donors (Lipinski definition) is 0. The Hall–Kier alpha value is -1.12. The number of halogens is 1. The third-order valence-corrected chi connectivity index (χ3v) is 3.82. The van der Waals surface area contributed by atoms with E-state index in [0.717, 1.165) is 27.5 Å². The molecular weight excluding hydrogens is 264 g/mol. The van der Waals surface area contributed by atoms with E-state index in [1.807, 2.05) is 49.6 Å². The second-order valence-electron chi connectivity index (χ2n) is 3.97. The van der Waals surface area contributed by atoms with Crippen LogP contribution in [0.3, 0.4) is 0 Å². The van der Waals surface area contributed by atoms with E-state index < -0.39 is 0 Å². The molecule has 0 N–H and O–H groups in total. The van der Waals surface area contributed by atoms with Gasteiger partial charge in [0, 0.05) is 10.8 Å². The van der Waals surface area contributed by atoms with Crippen LogP contribution in [0.1, 0.15) is 11.1 Å². The fourth-order valence-electron chi connectivity index (χ4n) is 1.71. The minimum Gasteiger partial charge on any atom is -0.456 e. The Morgan fingerprint density at radius 2 is 1.94 bits per heavy atom. The Kier molecular flexibility index (Phi) is 4.56. The Morgan fingerprint density at radius 1 is 1.17 bits per heavy atom. The summed E-state index contributed by atoms with van der Waals surface area (Å²) in [5, 5.41) is 0. The third-order valence-electron chi connectivity index (χ3n) is 2.75. The normalized spacial score (nSPS) is 10.4. The van der Waals surface area contributed by atoms with Gasteiger partial charge in [-0.05, 0) is 48.6 Å². The third kappa shape index (κ3) is 3.01. The summed E-state index contributed by atoms with van der Waals surface area (Å²) in [6.07, 6.45) is 2.05. The zero-order valence-electron chi connectivity index (χ0n) is 10.4. The van der Waals surface area contributed by atoms with Crippen molar-refractivity contribution in [2.75, 3.05) is 6.26 Å². The average Bonchev–Trinajstić information content (AvgIpc) is 2.39. The molecule has 0 amide bonds. The number of para-hydroxylation sites is 1. The van der Waals surface area contributed by atoms with Crippen molar-refractivity contribution >= 4 is 23.4 Å². The molecule has 3 heteroatoms. The smallest absolute Gasteiger partial charge is 0.140 e. The Morgan fingerprint density at radius 3 is 2.61 bits per heavy atom. The first kappa shape index (κ1) is 13.3. The summed E-state index contributed by atoms with van der Waals surface area (Å²) in [7, 11) is 0. The fourth-order valence-corrected chi connectivity index (χ4v) is 2.54. The first-order chi connectivity index (χ1) is 8.74. The van der Waals surface area contributed by atoms with Crippen molar-refractivity contribution in [1.82, 2.24) is 0 Å². The van der Waals surface area contributed by atoms with Crippen LogP contribution in [-0.4, -0.2) is 6.26 Å². The maximum Gasteiger partial charge on any atom is 0.140 e. The van der Waals surface area contributed by atoms with E-state index >= 15 is 0 Å². The highest BCUT2D eigenvalue weighted by molar-refractivity contribution is 7.98. The lowest BCUT2D eigenvalue weighted by atomic mass is 10.1. The molecule has 0 atom stereocenters. The molecular formula is C15H15ClOS. The quantitative estimate of drug-likeness (QED) is 0.558. The van der Waals surface area contributed by atoms with Crippen LogP contribution >= 0.6 is 23.4 Å². The van der Waals surface area contributed by atoms with Gasteiger partial charge in [0.15, 0.2) is 0 Å². The molecule has 0 bridgehead atoms. The molecule has 0 saturated heterocycles. The first-order valence-corrected chi connectivity index (χ1v) is 7.47. The molecule has 0 heterocycles. The number of hydrogen-bond acceptors (Lipinski definition) is 2. The lowest BCUT2D eigenvalue weighted by Gasteiger charge is -2.11. The van der Waals surface area contributed by atoms with E-state index in [1.165, 1.54) is 0 Å². The molecule has 0 aliphatic rings. The molecule has 0 aliphatic carbocycles. The number of benzene rings is 2. The summed E-state index contributed by atoms with van der Waals surface area (Å²) in [6.45, 7) is 2.05. The Bertz CT molecular complexity index is 540. The van der Waals surface area contributed by atoms with Crippen molar-refractivity contribution in [2.24, 2.45) is 0 Å². The highest BCUT2D eigenvalue weighted by Gasteiger charge is 2.04. The summed E-state index contributed by atoms with van der Waals surface area (Å²) >= 11 is 7.53. The first-order valence-electron chi connectivity index (χ1n) is 5.71. The SMILES string of the molecule is CSc1ccccc1Oc1ccc(CCl)c(C)c1. The van der Waals surface area contributed by atoms with E-state index in [4.69, 9.17) is 16.3 Å². The van der Waals surface area contributed by atoms with Crippen molar-refractivity contribution in [3.63, 3.8) is 0 Å². The van der Waals surface area contributed by atoms with Crippen molar-refractivity contribution in [3.05, 3.63) is 53.6 Å². The summed E-state index contributed by atoms with van der Waals surface area (Å²) in [4.78, 5) is 1.14. The molecule has 2 aromatic rings. The number of aryl methyl sites for hydroxylation is 1. The predicted molar refractivity (Wildman–Crippen MR) is 79.0 cm³/mol. The van der Waals surface area contributed by atoms with E-state index in [2.05, 4.69) is 6.07 Å². The van der Waals surface area contributed by atoms with Crippen molar-refractivity contribution in [2.45, 2.75) is 17.7 Å². The van der Waals surface area contributed by atoms with Gasteiger partial charge in [-0.25, -0.2) is 0 Å². The van der Waals surface area contributed by atoms with E-state index in [9.17, 15) is 0 Å². The summed E-state index contributed by atoms with van der Waals surface area (Å²) in [5.41, 5.74) is 2.30. The van der Waals surface area contributed by atoms with Gasteiger partial charge in [-0.3, -0.25) is 0 Å². The summed E-state index contributed by atoms with van der Waals surface area (Å²) in [5.74, 6) is 2.28. The average molecular weight is 279 g/mol. The van der Waals surface area contributed by atoms with E-state index in [0.29, 0.717) is 5.88 Å². The van der Waals surface area contributed by atoms with Gasteiger partial charge in [0.1, 0.15) is 11.5 Å². The van der Waals surface area contributed by atoms with E-state index in [-0.39, 0.29) is 0 Å². The molecule has 2 rings (SSSR count). The predicted octanol–water partition coefficient (Wildman–Crippen LogP) is 5.25. The van der Waals surface area contributed by atoms with Gasteiger partial charge in [-0.1, -0.05) is 18.2 Å². The van der Waals surface area contributed by atoms with Gasteiger partial charge < -0.3 is 4.74 Å². The molecule has 1 nitrogen and oxygen atoms in total. The zero-order valence-corrected chi connectivity index (χ0v) is 12.0. The van der Waals surface area contributed by atoms with Gasteiger partial charge in [-0.2, -0.15) is 0 Å². The van der Waals surface area contributed by atoms with Crippen molar-refractivity contribution in [1.29, 1.82) is 0 Å². The van der Waals surface area contributed by atoms with Gasteiger partial charge in [0.05, 0.1) is 0 Å². The molecule has 94 valence electrons. The molecule has 2 aromatic carbocycles. The minimum absolute atomic E-state index is 0.535. The van der Waals surface area contributed by atoms with Crippen LogP contribution in [0.5, 0.6) is 11.5 Å². The van der Waals surface area contributed by atoms with Crippen molar-refractivity contribution in [3.8, 4) is 11.5 Å². The molecule has 0 aliphatic heterocycles. The Balaban J connectivity index is 2.26. The minimum atomic E-state index is 0.535. The van der Waals surface area contributed by atoms with Gasteiger partial charge in [-0.15, -0.1) is 23.4 Å². The number of rotatable bonds is 4. The highest BCUT2D eigenvalue weighted by atomic mass is 35.5. The largest absolute Gasteiger partial charge is 0.456 e. The maximum atomic E-state index is 5.92. The van der Waals surface area contributed by atoms with Crippen LogP contribution < -0.4 is 4.74 Å². The summed E-state index contributed by atoms with van der Waals surface area (Å²) in [6, 6.07) is 14.0. The van der Waals surface area contributed by atoms with Gasteiger partial charge in [0.25, 0.3) is 0 Å². The fraction of sp³-hybridized carbons (Fsp3) is 0.200. The Labute approximate surface area is 117 Å². The molecule has 0 unspecified atom stereocenters. The highest BCUT2D eigenvalue weighted by Crippen LogP contribution is 2.32. The van der Waals surface area contributed by atoms with Crippen LogP contribution in [0.15, 0.2) is 47.4 Å². The molecule has 0 fully saturated rings.